The van der Waals surface area contributed by atoms with E-state index in [4.69, 9.17) is 10.5 Å². The molecule has 1 amide bonds. The Bertz CT molecular complexity index is 1030. The standard InChI is InChI=1S/C25H28N2O4/c1-31-22-5-3-17(23(28)27-21-10-18(24(29)30)2-4-20(21)26)9-19(22)25-11-14-6-15(12-25)8-16(7-14)13-25/h2-5,9-10,14-16H,6-8,11-13,26H2,1H3,(H,27,28)(H,29,30). The van der Waals surface area contributed by atoms with Gasteiger partial charge in [-0.15, -0.1) is 0 Å². The third-order valence-electron chi connectivity index (χ3n) is 7.62. The predicted octanol–water partition coefficient (Wildman–Crippen LogP) is 4.70. The molecule has 4 saturated carbocycles. The fourth-order valence-electron chi connectivity index (χ4n) is 6.70. The van der Waals surface area contributed by atoms with Crippen LogP contribution in [0, 0.1) is 17.8 Å². The highest BCUT2D eigenvalue weighted by Gasteiger charge is 2.52. The molecule has 31 heavy (non-hydrogen) atoms. The molecule has 4 bridgehead atoms. The number of amides is 1. The Kier molecular flexibility index (Phi) is 4.68. The third kappa shape index (κ3) is 3.44. The van der Waals surface area contributed by atoms with Crippen LogP contribution < -0.4 is 15.8 Å². The van der Waals surface area contributed by atoms with E-state index in [-0.39, 0.29) is 16.9 Å². The summed E-state index contributed by atoms with van der Waals surface area (Å²) in [5, 5.41) is 12.0. The molecule has 6 nitrogen and oxygen atoms in total. The first-order valence-corrected chi connectivity index (χ1v) is 11.0. The average Bonchev–Trinajstić information content (AvgIpc) is 2.73. The molecular weight excluding hydrogens is 392 g/mol. The molecule has 0 unspecified atom stereocenters. The van der Waals surface area contributed by atoms with Crippen molar-refractivity contribution in [1.82, 2.24) is 0 Å². The molecule has 4 aliphatic carbocycles. The van der Waals surface area contributed by atoms with E-state index in [1.165, 1.54) is 56.7 Å². The van der Waals surface area contributed by atoms with Crippen molar-refractivity contribution in [3.63, 3.8) is 0 Å². The molecule has 6 heteroatoms. The van der Waals surface area contributed by atoms with Crippen molar-refractivity contribution in [3.8, 4) is 5.75 Å². The van der Waals surface area contributed by atoms with Gasteiger partial charge in [-0.3, -0.25) is 4.79 Å². The Balaban J connectivity index is 1.47. The van der Waals surface area contributed by atoms with Crippen molar-refractivity contribution in [2.24, 2.45) is 17.8 Å². The zero-order valence-corrected chi connectivity index (χ0v) is 17.7. The summed E-state index contributed by atoms with van der Waals surface area (Å²) in [6.07, 6.45) is 7.57. The molecule has 4 fully saturated rings. The van der Waals surface area contributed by atoms with Crippen LogP contribution in [0.3, 0.4) is 0 Å². The average molecular weight is 421 g/mol. The van der Waals surface area contributed by atoms with Gasteiger partial charge in [0.1, 0.15) is 5.75 Å². The van der Waals surface area contributed by atoms with Crippen molar-refractivity contribution in [1.29, 1.82) is 0 Å². The molecule has 0 aromatic heterocycles. The number of ether oxygens (including phenoxy) is 1. The van der Waals surface area contributed by atoms with Gasteiger partial charge in [0.2, 0.25) is 0 Å². The van der Waals surface area contributed by atoms with Crippen LogP contribution in [0.4, 0.5) is 11.4 Å². The van der Waals surface area contributed by atoms with Crippen LogP contribution in [-0.4, -0.2) is 24.1 Å². The zero-order chi connectivity index (χ0) is 21.8. The van der Waals surface area contributed by atoms with Crippen LogP contribution in [0.2, 0.25) is 0 Å². The fraction of sp³-hybridized carbons (Fsp3) is 0.440. The number of carbonyl (C=O) groups excluding carboxylic acids is 1. The number of benzene rings is 2. The Morgan fingerprint density at radius 2 is 1.61 bits per heavy atom. The lowest BCUT2D eigenvalue weighted by molar-refractivity contribution is -0.00617. The fourth-order valence-corrected chi connectivity index (χ4v) is 6.70. The van der Waals surface area contributed by atoms with Gasteiger partial charge in [0, 0.05) is 11.1 Å². The minimum Gasteiger partial charge on any atom is -0.496 e. The second-order valence-corrected chi connectivity index (χ2v) is 9.67. The van der Waals surface area contributed by atoms with Crippen LogP contribution in [0.1, 0.15) is 64.8 Å². The van der Waals surface area contributed by atoms with E-state index in [0.717, 1.165) is 29.1 Å². The molecule has 4 N–H and O–H groups in total. The van der Waals surface area contributed by atoms with Crippen molar-refractivity contribution >= 4 is 23.3 Å². The number of carboxylic acids is 1. The van der Waals surface area contributed by atoms with Crippen LogP contribution in [0.15, 0.2) is 36.4 Å². The van der Waals surface area contributed by atoms with E-state index in [2.05, 4.69) is 5.32 Å². The molecule has 2 aromatic carbocycles. The lowest BCUT2D eigenvalue weighted by Crippen LogP contribution is -2.48. The molecule has 0 heterocycles. The number of carbonyl (C=O) groups is 2. The predicted molar refractivity (Wildman–Crippen MR) is 119 cm³/mol. The Hall–Kier alpha value is -3.02. The summed E-state index contributed by atoms with van der Waals surface area (Å²) in [5.74, 6) is 1.84. The summed E-state index contributed by atoms with van der Waals surface area (Å²) in [6.45, 7) is 0. The van der Waals surface area contributed by atoms with E-state index in [1.54, 1.807) is 13.2 Å². The van der Waals surface area contributed by atoms with Crippen LogP contribution in [0.5, 0.6) is 5.75 Å². The molecule has 0 spiro atoms. The molecule has 4 aliphatic rings. The molecule has 2 aromatic rings. The van der Waals surface area contributed by atoms with Gasteiger partial charge in [-0.25, -0.2) is 4.79 Å². The van der Waals surface area contributed by atoms with E-state index >= 15 is 0 Å². The second kappa shape index (κ2) is 7.29. The first-order valence-electron chi connectivity index (χ1n) is 11.0. The SMILES string of the molecule is COc1ccc(C(=O)Nc2cc(C(=O)O)ccc2N)cc1C12CC3CC(CC(C3)C1)C2. The number of nitrogens with one attached hydrogen (secondary N) is 1. The summed E-state index contributed by atoms with van der Waals surface area (Å²) in [5.41, 5.74) is 8.45. The Morgan fingerprint density at radius 1 is 1.00 bits per heavy atom. The van der Waals surface area contributed by atoms with Gasteiger partial charge in [0.15, 0.2) is 0 Å². The van der Waals surface area contributed by atoms with Crippen molar-refractivity contribution in [3.05, 3.63) is 53.1 Å². The second-order valence-electron chi connectivity index (χ2n) is 9.67. The maximum absolute atomic E-state index is 13.1. The number of aromatic carboxylic acids is 1. The summed E-state index contributed by atoms with van der Waals surface area (Å²) < 4.78 is 5.73. The number of hydrogen-bond donors (Lipinski definition) is 3. The van der Waals surface area contributed by atoms with Crippen LogP contribution in [0.25, 0.3) is 0 Å². The van der Waals surface area contributed by atoms with E-state index in [1.807, 2.05) is 12.1 Å². The summed E-state index contributed by atoms with van der Waals surface area (Å²) in [4.78, 5) is 24.3. The monoisotopic (exact) mass is 420 g/mol. The number of rotatable bonds is 5. The van der Waals surface area contributed by atoms with Crippen molar-refractivity contribution in [2.45, 2.75) is 43.9 Å². The van der Waals surface area contributed by atoms with Gasteiger partial charge in [-0.05, 0) is 98.1 Å². The van der Waals surface area contributed by atoms with Crippen molar-refractivity contribution in [2.75, 3.05) is 18.2 Å². The summed E-state index contributed by atoms with van der Waals surface area (Å²) in [7, 11) is 1.69. The number of nitrogens with two attached hydrogens (primary N) is 1. The highest BCUT2D eigenvalue weighted by Crippen LogP contribution is 2.61. The summed E-state index contributed by atoms with van der Waals surface area (Å²) >= 11 is 0. The van der Waals surface area contributed by atoms with Gasteiger partial charge in [0.25, 0.3) is 5.91 Å². The Morgan fingerprint density at radius 3 is 2.19 bits per heavy atom. The maximum Gasteiger partial charge on any atom is 0.335 e. The molecule has 0 radical (unpaired) electrons. The molecule has 0 atom stereocenters. The van der Waals surface area contributed by atoms with Gasteiger partial charge < -0.3 is 20.9 Å². The molecule has 6 rings (SSSR count). The highest BCUT2D eigenvalue weighted by atomic mass is 16.5. The number of carboxylic acid groups (broad SMARTS) is 1. The van der Waals surface area contributed by atoms with E-state index in [0.29, 0.717) is 16.9 Å². The van der Waals surface area contributed by atoms with Gasteiger partial charge >= 0.3 is 5.97 Å². The number of nitrogen functional groups attached to an aromatic ring is 1. The molecular formula is C25H28N2O4. The van der Waals surface area contributed by atoms with Crippen LogP contribution in [-0.2, 0) is 5.41 Å². The topological polar surface area (TPSA) is 102 Å². The largest absolute Gasteiger partial charge is 0.496 e. The number of anilines is 2. The molecule has 162 valence electrons. The number of methoxy groups -OCH3 is 1. The smallest absolute Gasteiger partial charge is 0.335 e. The third-order valence-corrected chi connectivity index (χ3v) is 7.62. The number of hydrogen-bond acceptors (Lipinski definition) is 4. The quantitative estimate of drug-likeness (QED) is 0.609. The van der Waals surface area contributed by atoms with E-state index in [9.17, 15) is 14.7 Å². The minimum absolute atomic E-state index is 0.0773. The molecule has 0 aliphatic heterocycles. The first kappa shape index (κ1) is 19.9. The normalized spacial score (nSPS) is 28.4. The molecule has 0 saturated heterocycles. The van der Waals surface area contributed by atoms with Gasteiger partial charge in [-0.2, -0.15) is 0 Å². The van der Waals surface area contributed by atoms with Gasteiger partial charge in [-0.1, -0.05) is 0 Å². The van der Waals surface area contributed by atoms with Gasteiger partial charge in [0.05, 0.1) is 24.0 Å². The highest BCUT2D eigenvalue weighted by molar-refractivity contribution is 6.06. The lowest BCUT2D eigenvalue weighted by Gasteiger charge is -2.57. The Labute approximate surface area is 181 Å². The van der Waals surface area contributed by atoms with Crippen molar-refractivity contribution < 1.29 is 19.4 Å². The lowest BCUT2D eigenvalue weighted by atomic mass is 9.48. The summed E-state index contributed by atoms with van der Waals surface area (Å²) in [6, 6.07) is 9.94. The minimum atomic E-state index is -1.07. The van der Waals surface area contributed by atoms with Crippen LogP contribution >= 0.6 is 0 Å². The van der Waals surface area contributed by atoms with E-state index < -0.39 is 5.97 Å². The zero-order valence-electron chi connectivity index (χ0n) is 17.7. The first-order chi connectivity index (χ1) is 14.9. The maximum atomic E-state index is 13.1.